The number of nitrogens with one attached hydrogen (secondary N) is 1. The normalized spacial score (nSPS) is 28.0. The summed E-state index contributed by atoms with van der Waals surface area (Å²) in [5.74, 6) is 3.56. The number of terminal acetylenes is 1. The summed E-state index contributed by atoms with van der Waals surface area (Å²) >= 11 is 0. The summed E-state index contributed by atoms with van der Waals surface area (Å²) in [5.41, 5.74) is 0. The molecule has 0 aromatic heterocycles. The zero-order valence-corrected chi connectivity index (χ0v) is 9.39. The van der Waals surface area contributed by atoms with E-state index < -0.39 is 0 Å². The third kappa shape index (κ3) is 3.72. The lowest BCUT2D eigenvalue weighted by molar-refractivity contribution is 0.340. The Bertz CT molecular complexity index is 180. The maximum Gasteiger partial charge on any atom is 0.0129 e. The van der Waals surface area contributed by atoms with Crippen LogP contribution in [0.4, 0.5) is 0 Å². The van der Waals surface area contributed by atoms with E-state index in [0.717, 1.165) is 18.9 Å². The second-order valence-electron chi connectivity index (χ2n) is 4.37. The first-order chi connectivity index (χ1) is 6.88. The lowest BCUT2D eigenvalue weighted by Gasteiger charge is -2.24. The lowest BCUT2D eigenvalue weighted by atomic mass is 9.92. The van der Waals surface area contributed by atoms with Crippen LogP contribution in [0.1, 0.15) is 51.9 Å². The first-order valence-corrected chi connectivity index (χ1v) is 6.05. The van der Waals surface area contributed by atoms with E-state index in [-0.39, 0.29) is 0 Å². The summed E-state index contributed by atoms with van der Waals surface area (Å²) in [6, 6.07) is 0.688. The molecule has 1 fully saturated rings. The smallest absolute Gasteiger partial charge is 0.0129 e. The quantitative estimate of drug-likeness (QED) is 0.534. The maximum atomic E-state index is 5.42. The van der Waals surface area contributed by atoms with Crippen LogP contribution in [0.2, 0.25) is 0 Å². The Morgan fingerprint density at radius 2 is 2.07 bits per heavy atom. The van der Waals surface area contributed by atoms with Gasteiger partial charge in [0.25, 0.3) is 0 Å². The third-order valence-corrected chi connectivity index (χ3v) is 3.20. The molecule has 2 unspecified atom stereocenters. The maximum absolute atomic E-state index is 5.42. The van der Waals surface area contributed by atoms with Crippen molar-refractivity contribution >= 4 is 0 Å². The summed E-state index contributed by atoms with van der Waals surface area (Å²) in [6.45, 7) is 3.37. The number of hydrogen-bond donors (Lipinski definition) is 1. The van der Waals surface area contributed by atoms with Crippen LogP contribution in [-0.2, 0) is 0 Å². The van der Waals surface area contributed by atoms with Gasteiger partial charge in [0.2, 0.25) is 0 Å². The Labute approximate surface area is 88.7 Å². The van der Waals surface area contributed by atoms with Crippen molar-refractivity contribution in [1.82, 2.24) is 5.32 Å². The molecule has 0 aromatic carbocycles. The van der Waals surface area contributed by atoms with E-state index in [1.165, 1.54) is 38.5 Å². The third-order valence-electron chi connectivity index (χ3n) is 3.20. The Hall–Kier alpha value is -0.480. The summed E-state index contributed by atoms with van der Waals surface area (Å²) in [6.07, 6.45) is 14.4. The molecule has 1 aliphatic carbocycles. The van der Waals surface area contributed by atoms with Gasteiger partial charge in [-0.2, -0.15) is 0 Å². The van der Waals surface area contributed by atoms with Gasteiger partial charge in [-0.1, -0.05) is 26.2 Å². The molecule has 1 N–H and O–H groups in total. The standard InChI is InChI=1S/C13H23N/c1-3-8-12-9-6-5-7-10-13(12)14-11-4-2/h1,12-14H,4-11H2,2H3. The van der Waals surface area contributed by atoms with Gasteiger partial charge < -0.3 is 5.32 Å². The van der Waals surface area contributed by atoms with Crippen LogP contribution < -0.4 is 5.32 Å². The zero-order chi connectivity index (χ0) is 10.2. The van der Waals surface area contributed by atoms with Gasteiger partial charge in [-0.05, 0) is 31.7 Å². The van der Waals surface area contributed by atoms with Gasteiger partial charge in [-0.25, -0.2) is 0 Å². The first kappa shape index (κ1) is 11.6. The van der Waals surface area contributed by atoms with Crippen LogP contribution in [0.25, 0.3) is 0 Å². The zero-order valence-electron chi connectivity index (χ0n) is 9.39. The molecule has 0 radical (unpaired) electrons. The molecule has 1 rings (SSSR count). The van der Waals surface area contributed by atoms with E-state index >= 15 is 0 Å². The van der Waals surface area contributed by atoms with E-state index in [4.69, 9.17) is 6.42 Å². The molecule has 0 aromatic rings. The molecule has 14 heavy (non-hydrogen) atoms. The second-order valence-corrected chi connectivity index (χ2v) is 4.37. The minimum Gasteiger partial charge on any atom is -0.314 e. The highest BCUT2D eigenvalue weighted by atomic mass is 14.9. The average Bonchev–Trinajstić information content (AvgIpc) is 2.41. The molecule has 0 heterocycles. The molecule has 1 heteroatoms. The summed E-state index contributed by atoms with van der Waals surface area (Å²) < 4.78 is 0. The molecule has 0 bridgehead atoms. The van der Waals surface area contributed by atoms with E-state index in [1.807, 2.05) is 0 Å². The van der Waals surface area contributed by atoms with E-state index in [0.29, 0.717) is 6.04 Å². The molecule has 1 saturated carbocycles. The minimum absolute atomic E-state index is 0.688. The molecule has 2 atom stereocenters. The molecule has 0 saturated heterocycles. The highest BCUT2D eigenvalue weighted by molar-refractivity contribution is 4.92. The second kappa shape index (κ2) is 6.90. The highest BCUT2D eigenvalue weighted by Gasteiger charge is 2.21. The molecule has 80 valence electrons. The van der Waals surface area contributed by atoms with Gasteiger partial charge in [0, 0.05) is 12.5 Å². The van der Waals surface area contributed by atoms with Crippen LogP contribution >= 0.6 is 0 Å². The van der Waals surface area contributed by atoms with Gasteiger partial charge >= 0.3 is 0 Å². The molecule has 0 spiro atoms. The summed E-state index contributed by atoms with van der Waals surface area (Å²) in [5, 5.41) is 3.65. The van der Waals surface area contributed by atoms with Crippen molar-refractivity contribution in [2.75, 3.05) is 6.54 Å². The van der Waals surface area contributed by atoms with Gasteiger partial charge in [0.15, 0.2) is 0 Å². The largest absolute Gasteiger partial charge is 0.314 e. The fourth-order valence-electron chi connectivity index (χ4n) is 2.38. The van der Waals surface area contributed by atoms with Crippen molar-refractivity contribution in [3.05, 3.63) is 0 Å². The van der Waals surface area contributed by atoms with Crippen LogP contribution in [0.3, 0.4) is 0 Å². The van der Waals surface area contributed by atoms with Crippen molar-refractivity contribution in [2.45, 2.75) is 57.9 Å². The van der Waals surface area contributed by atoms with E-state index in [1.54, 1.807) is 0 Å². The van der Waals surface area contributed by atoms with Gasteiger partial charge in [-0.15, -0.1) is 12.3 Å². The predicted octanol–water partition coefficient (Wildman–Crippen LogP) is 2.96. The molecule has 0 amide bonds. The van der Waals surface area contributed by atoms with Crippen molar-refractivity contribution in [3.63, 3.8) is 0 Å². The first-order valence-electron chi connectivity index (χ1n) is 6.05. The van der Waals surface area contributed by atoms with Gasteiger partial charge in [-0.3, -0.25) is 0 Å². The molecule has 0 aliphatic heterocycles. The van der Waals surface area contributed by atoms with Crippen LogP contribution in [0, 0.1) is 18.3 Å². The van der Waals surface area contributed by atoms with Crippen molar-refractivity contribution in [2.24, 2.45) is 5.92 Å². The van der Waals surface area contributed by atoms with Crippen LogP contribution in [0.5, 0.6) is 0 Å². The van der Waals surface area contributed by atoms with Gasteiger partial charge in [0.1, 0.15) is 0 Å². The number of hydrogen-bond acceptors (Lipinski definition) is 1. The molecular weight excluding hydrogens is 170 g/mol. The van der Waals surface area contributed by atoms with Crippen LogP contribution in [0.15, 0.2) is 0 Å². The lowest BCUT2D eigenvalue weighted by Crippen LogP contribution is -2.35. The number of rotatable bonds is 4. The van der Waals surface area contributed by atoms with Crippen molar-refractivity contribution in [1.29, 1.82) is 0 Å². The monoisotopic (exact) mass is 193 g/mol. The Morgan fingerprint density at radius 1 is 1.29 bits per heavy atom. The fraction of sp³-hybridized carbons (Fsp3) is 0.846. The van der Waals surface area contributed by atoms with Crippen LogP contribution in [-0.4, -0.2) is 12.6 Å². The molecule has 1 aliphatic rings. The Kier molecular flexibility index (Phi) is 5.71. The minimum atomic E-state index is 0.688. The highest BCUT2D eigenvalue weighted by Crippen LogP contribution is 2.25. The SMILES string of the molecule is C#CCC1CCCCCC1NCCC. The fourth-order valence-corrected chi connectivity index (χ4v) is 2.38. The Balaban J connectivity index is 2.42. The molecule has 1 nitrogen and oxygen atoms in total. The van der Waals surface area contributed by atoms with Gasteiger partial charge in [0.05, 0.1) is 0 Å². The summed E-state index contributed by atoms with van der Waals surface area (Å²) in [7, 11) is 0. The predicted molar refractivity (Wildman–Crippen MR) is 62.1 cm³/mol. The summed E-state index contributed by atoms with van der Waals surface area (Å²) in [4.78, 5) is 0. The van der Waals surface area contributed by atoms with E-state index in [9.17, 15) is 0 Å². The van der Waals surface area contributed by atoms with E-state index in [2.05, 4.69) is 18.2 Å². The topological polar surface area (TPSA) is 12.0 Å². The van der Waals surface area contributed by atoms with Crippen molar-refractivity contribution < 1.29 is 0 Å². The molecular formula is C13H23N. The Morgan fingerprint density at radius 3 is 2.79 bits per heavy atom. The average molecular weight is 193 g/mol. The van der Waals surface area contributed by atoms with Crippen molar-refractivity contribution in [3.8, 4) is 12.3 Å².